The first kappa shape index (κ1) is 52.4. The van der Waals surface area contributed by atoms with Crippen molar-refractivity contribution in [2.45, 2.75) is 115 Å². The maximum atomic E-state index is 15.6. The second kappa shape index (κ2) is 21.1. The summed E-state index contributed by atoms with van der Waals surface area (Å²) >= 11 is 0. The molecule has 0 radical (unpaired) electrons. The molecule has 19 nitrogen and oxygen atoms in total. The Morgan fingerprint density at radius 3 is 2.35 bits per heavy atom. The van der Waals surface area contributed by atoms with Crippen LogP contribution in [0.15, 0.2) is 36.5 Å². The smallest absolute Gasteiger partial charge is 0.342 e. The minimum Gasteiger partial charge on any atom is -0.495 e. The number of amides is 6. The molecule has 4 aliphatic rings. The van der Waals surface area contributed by atoms with E-state index in [2.05, 4.69) is 36.1 Å². The Bertz CT molecular complexity index is 2550. The van der Waals surface area contributed by atoms with Gasteiger partial charge < -0.3 is 44.9 Å². The molecule has 0 bridgehead atoms. The molecule has 1 aromatic heterocycles. The van der Waals surface area contributed by atoms with E-state index in [0.717, 1.165) is 15.9 Å². The lowest BCUT2D eigenvalue weighted by atomic mass is 10.0. The van der Waals surface area contributed by atoms with Crippen LogP contribution in [-0.4, -0.2) is 151 Å². The summed E-state index contributed by atoms with van der Waals surface area (Å²) in [6, 6.07) is 5.62. The molecule has 0 saturated carbocycles. The first-order valence-corrected chi connectivity index (χ1v) is 23.8. The number of imide groups is 2. The average molecular weight is 993 g/mol. The van der Waals surface area contributed by atoms with Gasteiger partial charge in [-0.15, -0.1) is 0 Å². The number of benzene rings is 2. The number of hydrogen-bond donors (Lipinski definition) is 4. The Kier molecular flexibility index (Phi) is 15.6. The summed E-state index contributed by atoms with van der Waals surface area (Å²) in [5.41, 5.74) is -0.172. The number of alkyl halides is 2. The van der Waals surface area contributed by atoms with Crippen LogP contribution in [0.4, 0.5) is 42.0 Å². The first-order chi connectivity index (χ1) is 33.5. The zero-order valence-corrected chi connectivity index (χ0v) is 41.4. The van der Waals surface area contributed by atoms with Crippen LogP contribution < -0.4 is 35.8 Å². The third-order valence-electron chi connectivity index (χ3n) is 13.3. The third-order valence-corrected chi connectivity index (χ3v) is 13.3. The van der Waals surface area contributed by atoms with Crippen molar-refractivity contribution in [1.82, 2.24) is 30.4 Å². The van der Waals surface area contributed by atoms with Gasteiger partial charge in [-0.3, -0.25) is 39.0 Å². The second-order valence-corrected chi connectivity index (χ2v) is 19.8. The zero-order chi connectivity index (χ0) is 51.6. The molecule has 2 aromatic carbocycles. The Morgan fingerprint density at radius 1 is 0.958 bits per heavy atom. The monoisotopic (exact) mass is 992 g/mol. The Balaban J connectivity index is 0.826. The number of likely N-dealkylation sites (tertiary alicyclic amines) is 1. The highest BCUT2D eigenvalue weighted by atomic mass is 19.3. The van der Waals surface area contributed by atoms with E-state index in [1.54, 1.807) is 32.0 Å². The molecular formula is C49H63F3N10O9. The van der Waals surface area contributed by atoms with Crippen molar-refractivity contribution in [2.24, 2.45) is 0 Å². The van der Waals surface area contributed by atoms with Gasteiger partial charge >= 0.3 is 5.92 Å². The molecule has 4 N–H and O–H groups in total. The van der Waals surface area contributed by atoms with Crippen LogP contribution in [-0.2, 0) is 23.9 Å². The van der Waals surface area contributed by atoms with Gasteiger partial charge in [0, 0.05) is 63.5 Å². The third kappa shape index (κ3) is 11.9. The summed E-state index contributed by atoms with van der Waals surface area (Å²) in [7, 11) is 2.59. The lowest BCUT2D eigenvalue weighted by Gasteiger charge is -2.34. The molecule has 22 heteroatoms. The highest BCUT2D eigenvalue weighted by Gasteiger charge is 2.48. The van der Waals surface area contributed by atoms with Crippen LogP contribution in [0.3, 0.4) is 0 Å². The van der Waals surface area contributed by atoms with Crippen molar-refractivity contribution in [3.8, 4) is 5.75 Å². The van der Waals surface area contributed by atoms with Crippen molar-refractivity contribution < 1.29 is 56.1 Å². The van der Waals surface area contributed by atoms with Gasteiger partial charge in [-0.25, -0.2) is 9.37 Å². The van der Waals surface area contributed by atoms with Crippen molar-refractivity contribution in [1.29, 1.82) is 0 Å². The molecular weight excluding hydrogens is 930 g/mol. The Morgan fingerprint density at radius 2 is 1.66 bits per heavy atom. The molecule has 7 rings (SSSR count). The summed E-state index contributed by atoms with van der Waals surface area (Å²) < 4.78 is 63.2. The minimum absolute atomic E-state index is 0.0426. The fourth-order valence-corrected chi connectivity index (χ4v) is 9.02. The molecule has 5 heterocycles. The number of fused-ring (bicyclic) bond motifs is 2. The van der Waals surface area contributed by atoms with Crippen molar-refractivity contribution in [3.05, 3.63) is 59.0 Å². The summed E-state index contributed by atoms with van der Waals surface area (Å²) in [5, 5.41) is 11.3. The molecule has 384 valence electrons. The number of nitrogens with zero attached hydrogens (tertiary/aromatic N) is 6. The van der Waals surface area contributed by atoms with E-state index in [0.29, 0.717) is 70.8 Å². The number of piperidine rings is 2. The number of ether oxygens (including phenoxy) is 3. The van der Waals surface area contributed by atoms with E-state index in [9.17, 15) is 37.5 Å². The van der Waals surface area contributed by atoms with Crippen molar-refractivity contribution in [3.63, 3.8) is 0 Å². The van der Waals surface area contributed by atoms with Gasteiger partial charge in [-0.05, 0) is 91.8 Å². The van der Waals surface area contributed by atoms with Crippen LogP contribution in [0.25, 0.3) is 0 Å². The number of hydrogen-bond acceptors (Lipinski definition) is 15. The number of anilines is 5. The van der Waals surface area contributed by atoms with Crippen LogP contribution >= 0.6 is 0 Å². The lowest BCUT2D eigenvalue weighted by molar-refractivity contribution is -0.140. The summed E-state index contributed by atoms with van der Waals surface area (Å²) in [4.78, 5) is 90.7. The summed E-state index contributed by atoms with van der Waals surface area (Å²) in [6.07, 6.45) is 3.85. The second-order valence-electron chi connectivity index (χ2n) is 19.8. The molecule has 6 amide bonds. The Hall–Kier alpha value is -6.39. The predicted molar refractivity (Wildman–Crippen MR) is 257 cm³/mol. The van der Waals surface area contributed by atoms with Crippen molar-refractivity contribution >= 4 is 64.3 Å². The maximum absolute atomic E-state index is 15.6. The topological polar surface area (TPSA) is 217 Å². The van der Waals surface area contributed by atoms with Crippen LogP contribution in [0.2, 0.25) is 0 Å². The molecule has 2 fully saturated rings. The highest BCUT2D eigenvalue weighted by Crippen LogP contribution is 2.38. The number of aromatic nitrogens is 2. The van der Waals surface area contributed by atoms with E-state index in [1.165, 1.54) is 31.3 Å². The van der Waals surface area contributed by atoms with E-state index in [-0.39, 0.29) is 64.5 Å². The molecule has 2 saturated heterocycles. The normalized spacial score (nSPS) is 18.9. The van der Waals surface area contributed by atoms with E-state index >= 15 is 4.39 Å². The van der Waals surface area contributed by atoms with Gasteiger partial charge in [0.25, 0.3) is 23.6 Å². The molecule has 4 aliphatic heterocycles. The summed E-state index contributed by atoms with van der Waals surface area (Å²) in [6.45, 7) is 13.9. The molecule has 0 spiro atoms. The SMILES string of the molecule is COc1cc(C(=O)NC2CCN(CCOC(C)(C)CCOC(C)(C)CCNc3cccc4c3C(=O)N(C3CCC(=O)NC3=O)C4=O)CC2)c(F)cc1Nc1ncc2c(n1)N(C(C)C)CC(F)(F)C(=O)N2C. The zero-order valence-electron chi connectivity index (χ0n) is 41.4. The number of methoxy groups -OCH3 is 1. The average Bonchev–Trinajstić information content (AvgIpc) is 3.52. The number of rotatable bonds is 19. The number of nitrogens with one attached hydrogen (secondary N) is 4. The quantitative estimate of drug-likeness (QED) is 0.113. The predicted octanol–water partition coefficient (Wildman–Crippen LogP) is 5.27. The van der Waals surface area contributed by atoms with E-state index in [4.69, 9.17) is 14.2 Å². The fraction of sp³-hybridized carbons (Fsp3) is 0.551. The Labute approximate surface area is 410 Å². The van der Waals surface area contributed by atoms with Crippen LogP contribution in [0.1, 0.15) is 111 Å². The number of halogens is 3. The van der Waals surface area contributed by atoms with Gasteiger partial charge in [0.2, 0.25) is 17.8 Å². The molecule has 0 aliphatic carbocycles. The van der Waals surface area contributed by atoms with Gasteiger partial charge in [0.1, 0.15) is 23.3 Å². The largest absolute Gasteiger partial charge is 0.495 e. The first-order valence-electron chi connectivity index (χ1n) is 23.8. The van der Waals surface area contributed by atoms with Gasteiger partial charge in [0.05, 0.1) is 66.6 Å². The fourth-order valence-electron chi connectivity index (χ4n) is 9.02. The van der Waals surface area contributed by atoms with Crippen LogP contribution in [0.5, 0.6) is 5.75 Å². The summed E-state index contributed by atoms with van der Waals surface area (Å²) in [5.74, 6) is -8.56. The highest BCUT2D eigenvalue weighted by molar-refractivity contribution is 6.25. The standard InChI is InChI=1S/C49H63F3N10O9/c1-28(2)61-27-49(51,52)45(68)59(7)36-26-54-46(58-40(36)61)56-34-25-32(50)31(24-37(34)69-8)41(64)55-29-14-19-60(20-15-29)21-23-71-48(5,6)17-22-70-47(3,4)16-18-53-33-11-9-10-30-39(33)44(67)62(43(30)66)35-12-13-38(63)57-42(35)65/h9-11,24-26,28-29,35,53H,12-23,27H2,1-8H3,(H,55,64)(H,54,56,58)(H,57,63,65). The lowest BCUT2D eigenvalue weighted by Crippen LogP contribution is -2.54. The molecule has 71 heavy (non-hydrogen) atoms. The van der Waals surface area contributed by atoms with Gasteiger partial charge in [0.15, 0.2) is 5.82 Å². The molecule has 1 atom stereocenters. The van der Waals surface area contributed by atoms with Gasteiger partial charge in [-0.2, -0.15) is 13.8 Å². The van der Waals surface area contributed by atoms with Crippen molar-refractivity contribution in [2.75, 3.05) is 80.5 Å². The maximum Gasteiger partial charge on any atom is 0.342 e. The number of carbonyl (C=O) groups excluding carboxylic acids is 6. The minimum atomic E-state index is -3.67. The van der Waals surface area contributed by atoms with E-state index < -0.39 is 77.0 Å². The van der Waals surface area contributed by atoms with Crippen LogP contribution in [0, 0.1) is 5.82 Å². The molecule has 1 unspecified atom stereocenters. The van der Waals surface area contributed by atoms with E-state index in [1.807, 2.05) is 27.7 Å². The molecule has 3 aromatic rings. The number of carbonyl (C=O) groups is 6. The van der Waals surface area contributed by atoms with Gasteiger partial charge in [-0.1, -0.05) is 6.07 Å².